The molecule has 0 aliphatic carbocycles. The number of halogens is 3. The van der Waals surface area contributed by atoms with Crippen LogP contribution in [0.4, 0.5) is 30.5 Å². The zero-order chi connectivity index (χ0) is 19.7. The summed E-state index contributed by atoms with van der Waals surface area (Å²) in [6.07, 6.45) is -1.37. The van der Waals surface area contributed by atoms with E-state index >= 15 is 0 Å². The number of fused-ring (bicyclic) bond motifs is 1. The molecule has 11 heteroatoms. The van der Waals surface area contributed by atoms with Crippen LogP contribution in [-0.4, -0.2) is 10.9 Å². The Morgan fingerprint density at radius 3 is 2.59 bits per heavy atom. The number of hydrogen-bond donors (Lipinski definition) is 4. The van der Waals surface area contributed by atoms with Crippen molar-refractivity contribution in [1.29, 1.82) is 10.5 Å². The van der Waals surface area contributed by atoms with Crippen LogP contribution >= 0.6 is 0 Å². The van der Waals surface area contributed by atoms with Gasteiger partial charge in [-0.05, 0) is 6.07 Å². The van der Waals surface area contributed by atoms with Gasteiger partial charge in [-0.25, -0.2) is 23.1 Å². The maximum absolute atomic E-state index is 14.5. The third kappa shape index (κ3) is 2.91. The summed E-state index contributed by atoms with van der Waals surface area (Å²) in [5, 5.41) is 22.9. The van der Waals surface area contributed by atoms with E-state index in [9.17, 15) is 18.4 Å². The van der Waals surface area contributed by atoms with E-state index in [0.29, 0.717) is 0 Å². The highest BCUT2D eigenvalue weighted by atomic mass is 19.3. The fourth-order valence-corrected chi connectivity index (χ4v) is 2.82. The van der Waals surface area contributed by atoms with Crippen molar-refractivity contribution < 1.29 is 13.2 Å². The molecular weight excluding hydrogens is 361 g/mol. The molecule has 0 fully saturated rings. The number of hydrogen-bond acceptors (Lipinski definition) is 8. The van der Waals surface area contributed by atoms with Crippen molar-refractivity contribution in [1.82, 2.24) is 10.3 Å². The predicted octanol–water partition coefficient (Wildman–Crippen LogP) is 2.14. The molecule has 0 saturated heterocycles. The van der Waals surface area contributed by atoms with Gasteiger partial charge in [0.25, 0.3) is 6.43 Å². The molecule has 0 saturated carbocycles. The number of guanidine groups is 1. The Bertz CT molecular complexity index is 1040. The number of anilines is 3. The molecule has 2 heterocycles. The van der Waals surface area contributed by atoms with Gasteiger partial charge in [-0.15, -0.1) is 0 Å². The first kappa shape index (κ1) is 17.8. The first-order chi connectivity index (χ1) is 12.9. The summed E-state index contributed by atoms with van der Waals surface area (Å²) in [5.74, 6) is -1.33. The molecule has 1 aromatic heterocycles. The molecule has 27 heavy (non-hydrogen) atoms. The Balaban J connectivity index is 2.35. The van der Waals surface area contributed by atoms with Crippen LogP contribution in [-0.2, 0) is 0 Å². The third-order valence-electron chi connectivity index (χ3n) is 3.95. The van der Waals surface area contributed by atoms with Crippen LogP contribution in [0.1, 0.15) is 34.7 Å². The van der Waals surface area contributed by atoms with Crippen LogP contribution in [0.25, 0.3) is 0 Å². The normalized spacial score (nSPS) is 15.2. The number of aliphatic imine (C=N–C) groups is 1. The minimum Gasteiger partial charge on any atom is -0.397 e. The first-order valence-corrected chi connectivity index (χ1v) is 7.44. The van der Waals surface area contributed by atoms with E-state index in [-0.39, 0.29) is 34.4 Å². The van der Waals surface area contributed by atoms with Gasteiger partial charge >= 0.3 is 0 Å². The van der Waals surface area contributed by atoms with Gasteiger partial charge in [-0.3, -0.25) is 5.32 Å². The lowest BCUT2D eigenvalue weighted by atomic mass is 9.91. The number of nitrogens with two attached hydrogens (primary N) is 2. The lowest BCUT2D eigenvalue weighted by Gasteiger charge is -2.27. The molecule has 1 aliphatic heterocycles. The minimum absolute atomic E-state index is 0.0104. The molecule has 1 unspecified atom stereocenters. The summed E-state index contributed by atoms with van der Waals surface area (Å²) in [7, 11) is 0. The summed E-state index contributed by atoms with van der Waals surface area (Å²) in [6, 6.07) is 3.61. The maximum Gasteiger partial charge on any atom is 0.264 e. The molecule has 1 atom stereocenters. The van der Waals surface area contributed by atoms with E-state index in [2.05, 4.69) is 20.6 Å². The van der Waals surface area contributed by atoms with Crippen molar-refractivity contribution in [2.45, 2.75) is 12.5 Å². The molecule has 6 N–H and O–H groups in total. The zero-order valence-electron chi connectivity index (χ0n) is 13.5. The number of rotatable bonds is 2. The number of nitrogens with zero attached hydrogens (tertiary/aromatic N) is 4. The summed E-state index contributed by atoms with van der Waals surface area (Å²) < 4.78 is 41.5. The monoisotopic (exact) mass is 372 g/mol. The highest BCUT2D eigenvalue weighted by molar-refractivity contribution is 5.98. The Kier molecular flexibility index (Phi) is 4.44. The highest BCUT2D eigenvalue weighted by Crippen LogP contribution is 2.43. The van der Waals surface area contributed by atoms with Gasteiger partial charge in [0.1, 0.15) is 35.1 Å². The molecule has 1 aliphatic rings. The second-order valence-electron chi connectivity index (χ2n) is 5.45. The minimum atomic E-state index is -2.99. The van der Waals surface area contributed by atoms with Crippen molar-refractivity contribution in [3.05, 3.63) is 46.3 Å². The number of nitriles is 2. The first-order valence-electron chi connectivity index (χ1n) is 7.44. The Morgan fingerprint density at radius 2 is 1.96 bits per heavy atom. The number of pyridine rings is 1. The van der Waals surface area contributed by atoms with Crippen molar-refractivity contribution in [2.75, 3.05) is 16.8 Å². The Labute approximate surface area is 150 Å². The van der Waals surface area contributed by atoms with Crippen LogP contribution < -0.4 is 22.1 Å². The highest BCUT2D eigenvalue weighted by Gasteiger charge is 2.34. The molecule has 8 nitrogen and oxygen atoms in total. The predicted molar refractivity (Wildman–Crippen MR) is 90.8 cm³/mol. The second kappa shape index (κ2) is 6.72. The summed E-state index contributed by atoms with van der Waals surface area (Å²) >= 11 is 0. The SMILES string of the molecule is N#CNC1=NC(c2c(F)cccc2C(F)F)c2c(nc(N)c(C#N)c2N)N1. The molecular formula is C16H11F3N8. The van der Waals surface area contributed by atoms with Crippen LogP contribution in [0.2, 0.25) is 0 Å². The van der Waals surface area contributed by atoms with Crippen LogP contribution in [0.5, 0.6) is 0 Å². The van der Waals surface area contributed by atoms with E-state index in [1.165, 1.54) is 0 Å². The topological polar surface area (TPSA) is 149 Å². The van der Waals surface area contributed by atoms with Crippen molar-refractivity contribution >= 4 is 23.3 Å². The largest absolute Gasteiger partial charge is 0.397 e. The lowest BCUT2D eigenvalue weighted by Crippen LogP contribution is -2.33. The fraction of sp³-hybridized carbons (Fsp3) is 0.125. The van der Waals surface area contributed by atoms with E-state index in [0.717, 1.165) is 18.2 Å². The molecule has 2 aromatic rings. The number of nitrogen functional groups attached to an aromatic ring is 2. The van der Waals surface area contributed by atoms with Gasteiger partial charge in [0.05, 0.1) is 5.69 Å². The van der Waals surface area contributed by atoms with Crippen LogP contribution in [0.3, 0.4) is 0 Å². The number of benzene rings is 1. The number of nitrogens with one attached hydrogen (secondary N) is 2. The van der Waals surface area contributed by atoms with Gasteiger partial charge in [0, 0.05) is 16.7 Å². The summed E-state index contributed by atoms with van der Waals surface area (Å²) in [5.41, 5.74) is 10.3. The molecule has 0 bridgehead atoms. The van der Waals surface area contributed by atoms with Gasteiger partial charge < -0.3 is 16.8 Å². The molecule has 0 radical (unpaired) electrons. The van der Waals surface area contributed by atoms with Crippen LogP contribution in [0, 0.1) is 28.6 Å². The average molecular weight is 372 g/mol. The van der Waals surface area contributed by atoms with E-state index in [4.69, 9.17) is 16.7 Å². The molecule has 3 rings (SSSR count). The van der Waals surface area contributed by atoms with Gasteiger partial charge in [-0.2, -0.15) is 10.5 Å². The molecule has 0 amide bonds. The Morgan fingerprint density at radius 1 is 1.22 bits per heavy atom. The number of alkyl halides is 2. The van der Waals surface area contributed by atoms with Crippen molar-refractivity contribution in [2.24, 2.45) is 4.99 Å². The van der Waals surface area contributed by atoms with E-state index < -0.39 is 29.4 Å². The standard InChI is InChI=1S/C16H11F3N8/c17-8-3-1-2-6(13(18)19)9(8)12-10-11(22)7(4-20)14(23)26-15(10)27-16(25-12)24-5-21/h1-3,12-13H,(H6,22,23,24,25,26,27). The second-order valence-corrected chi connectivity index (χ2v) is 5.45. The van der Waals surface area contributed by atoms with Crippen molar-refractivity contribution in [3.8, 4) is 12.3 Å². The molecule has 1 aromatic carbocycles. The van der Waals surface area contributed by atoms with Crippen molar-refractivity contribution in [3.63, 3.8) is 0 Å². The smallest absolute Gasteiger partial charge is 0.264 e. The third-order valence-corrected chi connectivity index (χ3v) is 3.95. The van der Waals surface area contributed by atoms with E-state index in [1.54, 1.807) is 12.3 Å². The molecule has 136 valence electrons. The van der Waals surface area contributed by atoms with Crippen LogP contribution in [0.15, 0.2) is 23.2 Å². The van der Waals surface area contributed by atoms with E-state index in [1.807, 2.05) is 0 Å². The summed E-state index contributed by atoms with van der Waals surface area (Å²) in [4.78, 5) is 8.06. The fourth-order valence-electron chi connectivity index (χ4n) is 2.82. The summed E-state index contributed by atoms with van der Waals surface area (Å²) in [6.45, 7) is 0. The molecule has 0 spiro atoms. The zero-order valence-corrected chi connectivity index (χ0v) is 13.5. The average Bonchev–Trinajstić information content (AvgIpc) is 2.61. The quantitative estimate of drug-likeness (QED) is 0.466. The van der Waals surface area contributed by atoms with Gasteiger partial charge in [-0.1, -0.05) is 12.1 Å². The Hall–Kier alpha value is -3.99. The maximum atomic E-state index is 14.5. The lowest BCUT2D eigenvalue weighted by molar-refractivity contribution is 0.149. The van der Waals surface area contributed by atoms with Gasteiger partial charge in [0.2, 0.25) is 5.96 Å². The number of aromatic nitrogens is 1. The van der Waals surface area contributed by atoms with Gasteiger partial charge in [0.15, 0.2) is 6.19 Å².